The first kappa shape index (κ1) is 33.5. The third kappa shape index (κ3) is 7.57. The second-order valence-corrected chi connectivity index (χ2v) is 14.8. The van der Waals surface area contributed by atoms with Crippen molar-refractivity contribution in [2.75, 3.05) is 46.0 Å². The number of nitrogens with two attached hydrogens (primary N) is 1. The zero-order chi connectivity index (χ0) is 32.4. The molecule has 1 aromatic rings. The quantitative estimate of drug-likeness (QED) is 0.210. The topological polar surface area (TPSA) is 190 Å². The highest BCUT2D eigenvalue weighted by Crippen LogP contribution is 2.41. The van der Waals surface area contributed by atoms with Crippen molar-refractivity contribution in [3.63, 3.8) is 0 Å². The predicted octanol–water partition coefficient (Wildman–Crippen LogP) is -0.205. The number of hydrogen-bond acceptors (Lipinski definition) is 9. The van der Waals surface area contributed by atoms with E-state index in [1.165, 1.54) is 13.0 Å². The molecule has 14 heteroatoms. The van der Waals surface area contributed by atoms with E-state index in [-0.39, 0.29) is 48.6 Å². The Bertz CT molecular complexity index is 1420. The maximum Gasteiger partial charge on any atom is 0.244 e. The third-order valence-electron chi connectivity index (χ3n) is 9.67. The number of nitrogens with zero attached hydrogens (tertiary/aromatic N) is 1. The van der Waals surface area contributed by atoms with Crippen LogP contribution in [0.15, 0.2) is 23.1 Å². The van der Waals surface area contributed by atoms with E-state index in [2.05, 4.69) is 15.4 Å². The van der Waals surface area contributed by atoms with E-state index in [9.17, 15) is 27.6 Å². The van der Waals surface area contributed by atoms with Gasteiger partial charge in [0.15, 0.2) is 5.78 Å². The molecule has 1 aromatic carbocycles. The summed E-state index contributed by atoms with van der Waals surface area (Å²) in [5, 5.41) is 5.59. The van der Waals surface area contributed by atoms with Crippen LogP contribution in [0.2, 0.25) is 0 Å². The van der Waals surface area contributed by atoms with Gasteiger partial charge in [-0.25, -0.2) is 13.1 Å². The van der Waals surface area contributed by atoms with Crippen LogP contribution in [0.25, 0.3) is 0 Å². The summed E-state index contributed by atoms with van der Waals surface area (Å²) in [6, 6.07) is 3.74. The van der Waals surface area contributed by atoms with E-state index in [0.29, 0.717) is 50.3 Å². The number of Topliss-reactive ketones (excluding diaryl/α,β-unsaturated/α-hetero) is 1. The molecule has 248 valence electrons. The minimum Gasteiger partial charge on any atom is -0.379 e. The molecular formula is C31H45N5O8S. The molecule has 4 atom stereocenters. The number of hydrogen-bond donors (Lipinski definition) is 4. The highest BCUT2D eigenvalue weighted by Gasteiger charge is 2.58. The molecule has 1 aliphatic carbocycles. The Hall–Kier alpha value is -2.91. The Kier molecular flexibility index (Phi) is 9.99. The lowest BCUT2D eigenvalue weighted by molar-refractivity contribution is -0.142. The first-order valence-corrected chi connectivity index (χ1v) is 17.3. The summed E-state index contributed by atoms with van der Waals surface area (Å²) in [4.78, 5) is 56.6. The van der Waals surface area contributed by atoms with Crippen LogP contribution in [0.3, 0.4) is 0 Å². The van der Waals surface area contributed by atoms with E-state index in [1.54, 1.807) is 19.1 Å². The Morgan fingerprint density at radius 3 is 2.51 bits per heavy atom. The molecule has 5 rings (SSSR count). The maximum absolute atomic E-state index is 14.2. The number of carbonyl (C=O) groups is 4. The summed E-state index contributed by atoms with van der Waals surface area (Å²) in [6.07, 6.45) is 4.44. The van der Waals surface area contributed by atoms with Gasteiger partial charge in [0.2, 0.25) is 27.7 Å². The predicted molar refractivity (Wildman–Crippen MR) is 163 cm³/mol. The molecule has 3 fully saturated rings. The molecule has 3 heterocycles. The summed E-state index contributed by atoms with van der Waals surface area (Å²) in [5.41, 5.74) is 4.37. The van der Waals surface area contributed by atoms with Crippen LogP contribution in [0.1, 0.15) is 57.1 Å². The number of fused-ring (bicyclic) bond motifs is 1. The van der Waals surface area contributed by atoms with Gasteiger partial charge in [-0.15, -0.1) is 0 Å². The number of epoxide rings is 1. The monoisotopic (exact) mass is 647 g/mol. The van der Waals surface area contributed by atoms with Crippen molar-refractivity contribution in [2.24, 2.45) is 17.6 Å². The molecule has 5 N–H and O–H groups in total. The maximum atomic E-state index is 14.2. The number of carbonyl (C=O) groups excluding carboxylic acids is 4. The molecule has 0 spiro atoms. The van der Waals surface area contributed by atoms with Gasteiger partial charge in [-0.2, -0.15) is 0 Å². The minimum absolute atomic E-state index is 0.0906. The summed E-state index contributed by atoms with van der Waals surface area (Å²) in [5.74, 6) is -3.04. The fraction of sp³-hybridized carbons (Fsp3) is 0.677. The lowest BCUT2D eigenvalue weighted by atomic mass is 9.69. The van der Waals surface area contributed by atoms with Gasteiger partial charge in [0.25, 0.3) is 0 Å². The van der Waals surface area contributed by atoms with Crippen LogP contribution in [0.4, 0.5) is 0 Å². The molecule has 1 saturated carbocycles. The highest BCUT2D eigenvalue weighted by molar-refractivity contribution is 7.89. The van der Waals surface area contributed by atoms with Crippen LogP contribution >= 0.6 is 0 Å². The van der Waals surface area contributed by atoms with Gasteiger partial charge in [-0.05, 0) is 49.8 Å². The average molecular weight is 648 g/mol. The molecular weight excluding hydrogens is 602 g/mol. The van der Waals surface area contributed by atoms with Crippen molar-refractivity contribution in [1.29, 1.82) is 0 Å². The van der Waals surface area contributed by atoms with Crippen molar-refractivity contribution in [2.45, 2.75) is 80.9 Å². The average Bonchev–Trinajstić information content (AvgIpc) is 3.53. The lowest BCUT2D eigenvalue weighted by Crippen LogP contribution is -2.68. The molecule has 0 bridgehead atoms. The minimum atomic E-state index is -3.66. The van der Waals surface area contributed by atoms with Crippen LogP contribution in [0, 0.1) is 11.8 Å². The van der Waals surface area contributed by atoms with Crippen LogP contribution in [-0.4, -0.2) is 100 Å². The van der Waals surface area contributed by atoms with E-state index in [1.807, 2.05) is 4.90 Å². The largest absolute Gasteiger partial charge is 0.379 e. The second kappa shape index (κ2) is 13.4. The molecule has 0 aromatic heterocycles. The van der Waals surface area contributed by atoms with Crippen molar-refractivity contribution >= 4 is 33.5 Å². The molecule has 3 aliphatic heterocycles. The number of amides is 3. The molecule has 0 radical (unpaired) electrons. The van der Waals surface area contributed by atoms with Gasteiger partial charge in [-0.3, -0.25) is 24.1 Å². The highest BCUT2D eigenvalue weighted by atomic mass is 32.2. The molecule has 13 nitrogen and oxygen atoms in total. The number of ether oxygens (including phenoxy) is 2. The molecule has 3 amide bonds. The first-order valence-electron chi connectivity index (χ1n) is 15.8. The van der Waals surface area contributed by atoms with Gasteiger partial charge in [0.1, 0.15) is 17.2 Å². The van der Waals surface area contributed by atoms with E-state index in [4.69, 9.17) is 15.2 Å². The van der Waals surface area contributed by atoms with Crippen LogP contribution in [0.5, 0.6) is 0 Å². The zero-order valence-corrected chi connectivity index (χ0v) is 26.9. The summed E-state index contributed by atoms with van der Waals surface area (Å²) in [6.45, 7) is 5.97. The Morgan fingerprint density at radius 1 is 1.18 bits per heavy atom. The molecule has 1 unspecified atom stereocenters. The van der Waals surface area contributed by atoms with Crippen molar-refractivity contribution in [3.8, 4) is 0 Å². The van der Waals surface area contributed by atoms with Crippen LogP contribution in [-0.2, 0) is 51.5 Å². The summed E-state index contributed by atoms with van der Waals surface area (Å²) in [7, 11) is -3.66. The van der Waals surface area contributed by atoms with Crippen molar-refractivity contribution in [1.82, 2.24) is 20.3 Å². The number of rotatable bonds is 13. The normalized spacial score (nSPS) is 25.7. The number of benzene rings is 1. The van der Waals surface area contributed by atoms with E-state index < -0.39 is 44.9 Å². The first-order chi connectivity index (χ1) is 21.3. The molecule has 45 heavy (non-hydrogen) atoms. The van der Waals surface area contributed by atoms with Crippen LogP contribution < -0.4 is 21.1 Å². The van der Waals surface area contributed by atoms with E-state index >= 15 is 0 Å². The summed E-state index contributed by atoms with van der Waals surface area (Å²) < 4.78 is 38.5. The van der Waals surface area contributed by atoms with Gasteiger partial charge < -0.3 is 25.8 Å². The number of morpholine rings is 1. The van der Waals surface area contributed by atoms with Gasteiger partial charge in [-0.1, -0.05) is 37.8 Å². The SMILES string of the molecule is C[C@H](NC(=O)CN1CCOCC1)C(=O)NC(Cc1ccc2c(c1)CCNS2(=O)=O)(C(N)=O)[C@H](CC1CCCC1)C(=O)[C@@]1(C)CO1. The fourth-order valence-electron chi connectivity index (χ4n) is 6.87. The number of primary amides is 1. The second-order valence-electron chi connectivity index (χ2n) is 13.1. The Morgan fingerprint density at radius 2 is 1.87 bits per heavy atom. The zero-order valence-electron chi connectivity index (χ0n) is 26.1. The smallest absolute Gasteiger partial charge is 0.244 e. The van der Waals surface area contributed by atoms with Crippen molar-refractivity contribution < 1.29 is 37.1 Å². The standard InChI is InChI=1S/C31H45N5O8S/c1-20(34-26(37)18-36-11-13-43-14-12-36)28(39)35-31(29(32)40,17-22-7-8-25-23(15-22)9-10-33-45(25,41)42)24(16-21-5-3-4-6-21)27(38)30(2)19-44-30/h7-8,15,20-21,24,33H,3-6,9-14,16-19H2,1-2H3,(H2,32,40)(H,34,37)(H,35,39)/t20-,24+,30+,31?/m0/s1. The fourth-order valence-corrected chi connectivity index (χ4v) is 8.15. The van der Waals surface area contributed by atoms with Gasteiger partial charge in [0.05, 0.1) is 37.2 Å². The number of ketones is 1. The van der Waals surface area contributed by atoms with E-state index in [0.717, 1.165) is 25.7 Å². The van der Waals surface area contributed by atoms with Gasteiger partial charge in [0, 0.05) is 26.1 Å². The summed E-state index contributed by atoms with van der Waals surface area (Å²) >= 11 is 0. The lowest BCUT2D eigenvalue weighted by Gasteiger charge is -2.41. The Balaban J connectivity index is 1.47. The molecule has 4 aliphatic rings. The Labute approximate surface area is 264 Å². The third-order valence-corrected chi connectivity index (χ3v) is 11.2. The van der Waals surface area contributed by atoms with Gasteiger partial charge >= 0.3 is 0 Å². The number of sulfonamides is 1. The number of nitrogens with one attached hydrogen (secondary N) is 3. The molecule has 2 saturated heterocycles. The van der Waals surface area contributed by atoms with Crippen molar-refractivity contribution in [3.05, 3.63) is 29.3 Å².